The molecule has 0 amide bonds. The number of anilines is 1. The normalized spacial score (nSPS) is 12.7. The maximum atomic E-state index is 10.8. The van der Waals surface area contributed by atoms with Crippen LogP contribution in [0.25, 0.3) is 0 Å². The van der Waals surface area contributed by atoms with E-state index in [1.165, 1.54) is 0 Å². The molecule has 15 heavy (non-hydrogen) atoms. The Balaban J connectivity index is 3.79. The van der Waals surface area contributed by atoms with Crippen LogP contribution < -0.4 is 5.73 Å². The van der Waals surface area contributed by atoms with Crippen molar-refractivity contribution in [1.82, 2.24) is 0 Å². The molecular weight excluding hydrogens is 246 g/mol. The van der Waals surface area contributed by atoms with Gasteiger partial charge in [-0.25, -0.2) is 0 Å². The van der Waals surface area contributed by atoms with Crippen LogP contribution in [0.3, 0.4) is 0 Å². The Morgan fingerprint density at radius 1 is 1.00 bits per heavy atom. The second kappa shape index (κ2) is 3.45. The maximum Gasteiger partial charge on any atom is 0.297 e. The molecule has 0 spiro atoms. The molecule has 0 aromatic heterocycles. The lowest BCUT2D eigenvalue weighted by atomic mass is 10.3. The second-order valence-electron chi connectivity index (χ2n) is 2.62. The molecule has 0 atom stereocenters. The van der Waals surface area contributed by atoms with E-state index in [-0.39, 0.29) is 0 Å². The minimum atomic E-state index is -4.81. The van der Waals surface area contributed by atoms with E-state index in [1.54, 1.807) is 0 Å². The summed E-state index contributed by atoms with van der Waals surface area (Å²) in [6.07, 6.45) is 0. The van der Waals surface area contributed by atoms with Crippen LogP contribution in [0.4, 0.5) is 5.69 Å². The molecule has 0 saturated heterocycles. The molecule has 0 saturated carbocycles. The van der Waals surface area contributed by atoms with Gasteiger partial charge in [-0.3, -0.25) is 9.11 Å². The van der Waals surface area contributed by atoms with Crippen molar-refractivity contribution in [2.45, 2.75) is 9.79 Å². The fraction of sp³-hybridized carbons (Fsp3) is 0. The van der Waals surface area contributed by atoms with Gasteiger partial charge in [0.25, 0.3) is 20.2 Å². The zero-order valence-electron chi connectivity index (χ0n) is 7.15. The summed E-state index contributed by atoms with van der Waals surface area (Å²) in [7, 11) is -9.57. The van der Waals surface area contributed by atoms with Crippen LogP contribution >= 0.6 is 0 Å². The predicted molar refractivity (Wildman–Crippen MR) is 50.5 cm³/mol. The molecule has 1 aromatic rings. The molecule has 84 valence electrons. The largest absolute Gasteiger partial charge is 0.398 e. The van der Waals surface area contributed by atoms with Crippen LogP contribution in [-0.2, 0) is 20.2 Å². The number of nitrogen functional groups attached to an aromatic ring is 1. The fourth-order valence-corrected chi connectivity index (χ4v) is 2.93. The average molecular weight is 253 g/mol. The van der Waals surface area contributed by atoms with Crippen molar-refractivity contribution in [2.75, 3.05) is 5.73 Å². The van der Waals surface area contributed by atoms with Gasteiger partial charge in [0.1, 0.15) is 9.79 Å². The SMILES string of the molecule is Nc1cccc(S(=O)(=O)O)c1S(=O)(=O)O. The lowest BCUT2D eigenvalue weighted by Crippen LogP contribution is -2.10. The van der Waals surface area contributed by atoms with Crippen molar-refractivity contribution in [1.29, 1.82) is 0 Å². The van der Waals surface area contributed by atoms with E-state index < -0.39 is 35.7 Å². The van der Waals surface area contributed by atoms with E-state index in [2.05, 4.69) is 0 Å². The van der Waals surface area contributed by atoms with Gasteiger partial charge in [-0.1, -0.05) is 6.07 Å². The number of hydrogen-bond donors (Lipinski definition) is 3. The van der Waals surface area contributed by atoms with Gasteiger partial charge >= 0.3 is 0 Å². The van der Waals surface area contributed by atoms with E-state index in [4.69, 9.17) is 14.8 Å². The van der Waals surface area contributed by atoms with E-state index in [0.29, 0.717) is 0 Å². The first-order valence-corrected chi connectivity index (χ1v) is 6.35. The molecule has 0 aliphatic heterocycles. The zero-order chi connectivity index (χ0) is 11.9. The third-order valence-electron chi connectivity index (χ3n) is 1.55. The van der Waals surface area contributed by atoms with E-state index in [1.807, 2.05) is 0 Å². The summed E-state index contributed by atoms with van der Waals surface area (Å²) in [4.78, 5) is -1.97. The van der Waals surface area contributed by atoms with Gasteiger partial charge in [-0.15, -0.1) is 0 Å². The van der Waals surface area contributed by atoms with Gasteiger partial charge < -0.3 is 5.73 Å². The van der Waals surface area contributed by atoms with E-state index >= 15 is 0 Å². The monoisotopic (exact) mass is 253 g/mol. The molecule has 1 rings (SSSR count). The molecular formula is C6H7NO6S2. The van der Waals surface area contributed by atoms with Crippen LogP contribution in [0, 0.1) is 0 Å². The number of nitrogens with two attached hydrogens (primary N) is 1. The van der Waals surface area contributed by atoms with Crippen molar-refractivity contribution < 1.29 is 25.9 Å². The molecule has 0 radical (unpaired) electrons. The lowest BCUT2D eigenvalue weighted by Gasteiger charge is -2.06. The Morgan fingerprint density at radius 3 is 1.87 bits per heavy atom. The van der Waals surface area contributed by atoms with Crippen LogP contribution in [0.5, 0.6) is 0 Å². The number of rotatable bonds is 2. The van der Waals surface area contributed by atoms with Gasteiger partial charge in [0.2, 0.25) is 0 Å². The molecule has 0 unspecified atom stereocenters. The summed E-state index contributed by atoms with van der Waals surface area (Å²) in [5.74, 6) is 0. The third-order valence-corrected chi connectivity index (χ3v) is 3.54. The molecule has 9 heteroatoms. The van der Waals surface area contributed by atoms with Crippen molar-refractivity contribution in [3.05, 3.63) is 18.2 Å². The average Bonchev–Trinajstić information content (AvgIpc) is 1.99. The zero-order valence-corrected chi connectivity index (χ0v) is 8.79. The molecule has 0 aliphatic carbocycles. The smallest absolute Gasteiger partial charge is 0.297 e. The Hall–Kier alpha value is -1.16. The van der Waals surface area contributed by atoms with Crippen LogP contribution in [-0.4, -0.2) is 25.9 Å². The highest BCUT2D eigenvalue weighted by Gasteiger charge is 2.25. The topological polar surface area (TPSA) is 135 Å². The third kappa shape index (κ3) is 2.45. The summed E-state index contributed by atoms with van der Waals surface area (Å²) in [6.45, 7) is 0. The molecule has 0 heterocycles. The van der Waals surface area contributed by atoms with Gasteiger partial charge in [0.15, 0.2) is 0 Å². The quantitative estimate of drug-likeness (QED) is 0.489. The summed E-state index contributed by atoms with van der Waals surface area (Å²) in [6, 6.07) is 3.03. The minimum absolute atomic E-state index is 0.465. The fourth-order valence-electron chi connectivity index (χ4n) is 1.01. The minimum Gasteiger partial charge on any atom is -0.398 e. The van der Waals surface area contributed by atoms with Crippen LogP contribution in [0.2, 0.25) is 0 Å². The highest BCUT2D eigenvalue weighted by Crippen LogP contribution is 2.26. The Kier molecular flexibility index (Phi) is 2.74. The molecule has 7 nitrogen and oxygen atoms in total. The first-order chi connectivity index (χ1) is 6.64. The van der Waals surface area contributed by atoms with Gasteiger partial charge in [0, 0.05) is 0 Å². The molecule has 4 N–H and O–H groups in total. The summed E-state index contributed by atoms with van der Waals surface area (Å²) < 4.78 is 60.6. The van der Waals surface area contributed by atoms with Crippen molar-refractivity contribution in [3.63, 3.8) is 0 Å². The number of hydrogen-bond acceptors (Lipinski definition) is 5. The van der Waals surface area contributed by atoms with Crippen molar-refractivity contribution >= 4 is 25.9 Å². The molecule has 1 aromatic carbocycles. The lowest BCUT2D eigenvalue weighted by molar-refractivity contribution is 0.467. The summed E-state index contributed by atoms with van der Waals surface area (Å²) >= 11 is 0. The van der Waals surface area contributed by atoms with Gasteiger partial charge in [-0.2, -0.15) is 16.8 Å². The highest BCUT2D eigenvalue weighted by molar-refractivity contribution is 7.89. The first kappa shape index (κ1) is 11.9. The van der Waals surface area contributed by atoms with E-state index in [0.717, 1.165) is 18.2 Å². The molecule has 0 fully saturated rings. The second-order valence-corrected chi connectivity index (χ2v) is 5.37. The first-order valence-electron chi connectivity index (χ1n) is 3.47. The maximum absolute atomic E-state index is 10.8. The van der Waals surface area contributed by atoms with Crippen LogP contribution in [0.1, 0.15) is 0 Å². The van der Waals surface area contributed by atoms with E-state index in [9.17, 15) is 16.8 Å². The Labute approximate surface area is 86.0 Å². The van der Waals surface area contributed by atoms with Crippen molar-refractivity contribution in [2.24, 2.45) is 0 Å². The summed E-state index contributed by atoms with van der Waals surface area (Å²) in [5.41, 5.74) is 4.72. The summed E-state index contributed by atoms with van der Waals surface area (Å²) in [5, 5.41) is 0. The standard InChI is InChI=1S/C6H7NO6S2/c7-4-2-1-3-5(14(8,9)10)6(4)15(11,12)13/h1-3H,7H2,(H,8,9,10)(H,11,12,13). The molecule has 0 aliphatic rings. The Morgan fingerprint density at radius 2 is 1.53 bits per heavy atom. The van der Waals surface area contributed by atoms with Crippen LogP contribution in [0.15, 0.2) is 28.0 Å². The van der Waals surface area contributed by atoms with Crippen molar-refractivity contribution in [3.8, 4) is 0 Å². The van der Waals surface area contributed by atoms with Gasteiger partial charge in [-0.05, 0) is 12.1 Å². The Bertz CT molecular complexity index is 588. The predicted octanol–water partition coefficient (Wildman–Crippen LogP) is -0.238. The number of benzene rings is 1. The molecule has 0 bridgehead atoms. The van der Waals surface area contributed by atoms with Gasteiger partial charge in [0.05, 0.1) is 5.69 Å². The highest BCUT2D eigenvalue weighted by atomic mass is 32.2.